The summed E-state index contributed by atoms with van der Waals surface area (Å²) in [5.74, 6) is -0.615. The lowest BCUT2D eigenvalue weighted by Gasteiger charge is -2.12. The molecule has 1 aromatic heterocycles. The highest BCUT2D eigenvalue weighted by atomic mass is 35.7. The van der Waals surface area contributed by atoms with Gasteiger partial charge in [-0.15, -0.1) is 0 Å². The van der Waals surface area contributed by atoms with E-state index >= 15 is 0 Å². The predicted molar refractivity (Wildman–Crippen MR) is 69.8 cm³/mol. The summed E-state index contributed by atoms with van der Waals surface area (Å²) >= 11 is 0. The Morgan fingerprint density at radius 2 is 2.21 bits per heavy atom. The van der Waals surface area contributed by atoms with Gasteiger partial charge in [0, 0.05) is 23.3 Å². The number of aromatic amines is 1. The first kappa shape index (κ1) is 15.9. The maximum Gasteiger partial charge on any atom is 0.273 e. The van der Waals surface area contributed by atoms with Gasteiger partial charge in [-0.05, 0) is 20.8 Å². The fourth-order valence-electron chi connectivity index (χ4n) is 1.50. The molecule has 108 valence electrons. The summed E-state index contributed by atoms with van der Waals surface area (Å²) in [4.78, 5) is 11.6. The van der Waals surface area contributed by atoms with Crippen LogP contribution in [0.15, 0.2) is 4.90 Å². The van der Waals surface area contributed by atoms with Crippen LogP contribution in [-0.2, 0) is 13.8 Å². The summed E-state index contributed by atoms with van der Waals surface area (Å²) in [5, 5.41) is 8.70. The molecule has 19 heavy (non-hydrogen) atoms. The fraction of sp³-hybridized carbons (Fsp3) is 0.600. The van der Waals surface area contributed by atoms with Crippen molar-refractivity contribution in [3.05, 3.63) is 11.4 Å². The van der Waals surface area contributed by atoms with Gasteiger partial charge >= 0.3 is 0 Å². The van der Waals surface area contributed by atoms with Crippen LogP contribution in [-0.4, -0.2) is 43.8 Å². The highest BCUT2D eigenvalue weighted by Gasteiger charge is 2.27. The number of carbonyl (C=O) groups is 1. The number of halogens is 1. The van der Waals surface area contributed by atoms with E-state index < -0.39 is 15.0 Å². The van der Waals surface area contributed by atoms with Crippen molar-refractivity contribution in [2.75, 3.05) is 13.2 Å². The Kier molecular flexibility index (Phi) is 5.33. The number of ether oxygens (including phenoxy) is 1. The van der Waals surface area contributed by atoms with Gasteiger partial charge in [0.2, 0.25) is 0 Å². The van der Waals surface area contributed by atoms with E-state index in [4.69, 9.17) is 15.4 Å². The maximum absolute atomic E-state index is 11.9. The number of amides is 1. The molecule has 1 heterocycles. The van der Waals surface area contributed by atoms with Crippen molar-refractivity contribution >= 4 is 25.6 Å². The van der Waals surface area contributed by atoms with E-state index in [1.165, 1.54) is 6.92 Å². The number of rotatable bonds is 6. The second kappa shape index (κ2) is 6.36. The Morgan fingerprint density at radius 3 is 2.74 bits per heavy atom. The lowest BCUT2D eigenvalue weighted by Crippen LogP contribution is -2.36. The number of hydrogen-bond donors (Lipinski definition) is 2. The van der Waals surface area contributed by atoms with Crippen LogP contribution in [0.2, 0.25) is 0 Å². The van der Waals surface area contributed by atoms with Crippen molar-refractivity contribution in [3.8, 4) is 0 Å². The van der Waals surface area contributed by atoms with Crippen LogP contribution in [0.3, 0.4) is 0 Å². The standard InChI is InChI=1S/C10H16ClN3O4S/c1-4-18-5-6(2)12-10(15)8-9(19(11,16)17)7(3)13-14-8/h6H,4-5H2,1-3H3,(H,12,15)(H,13,14). The highest BCUT2D eigenvalue weighted by molar-refractivity contribution is 8.13. The Bertz CT molecular complexity index is 555. The molecule has 0 aliphatic carbocycles. The first-order chi connectivity index (χ1) is 8.77. The van der Waals surface area contributed by atoms with Gasteiger partial charge in [0.05, 0.1) is 12.3 Å². The first-order valence-electron chi connectivity index (χ1n) is 5.65. The van der Waals surface area contributed by atoms with Crippen molar-refractivity contribution in [2.24, 2.45) is 0 Å². The molecule has 1 amide bonds. The van der Waals surface area contributed by atoms with Crippen molar-refractivity contribution in [3.63, 3.8) is 0 Å². The minimum absolute atomic E-state index is 0.220. The van der Waals surface area contributed by atoms with Crippen LogP contribution in [0.1, 0.15) is 30.0 Å². The summed E-state index contributed by atoms with van der Waals surface area (Å²) in [5.41, 5.74) is -0.0199. The summed E-state index contributed by atoms with van der Waals surface area (Å²) in [6, 6.07) is -0.268. The van der Waals surface area contributed by atoms with E-state index in [1.807, 2.05) is 6.92 Å². The molecule has 2 N–H and O–H groups in total. The Balaban J connectivity index is 2.90. The molecule has 9 heteroatoms. The lowest BCUT2D eigenvalue weighted by atomic mass is 10.3. The molecule has 0 bridgehead atoms. The van der Waals surface area contributed by atoms with Gasteiger partial charge < -0.3 is 10.1 Å². The summed E-state index contributed by atoms with van der Waals surface area (Å²) in [7, 11) is 1.25. The largest absolute Gasteiger partial charge is 0.380 e. The molecule has 0 radical (unpaired) electrons. The maximum atomic E-state index is 11.9. The molecule has 0 aliphatic heterocycles. The molecule has 0 fully saturated rings. The second-order valence-corrected chi connectivity index (χ2v) is 6.50. The molecular weight excluding hydrogens is 294 g/mol. The van der Waals surface area contributed by atoms with Gasteiger partial charge in [0.15, 0.2) is 5.69 Å². The van der Waals surface area contributed by atoms with Crippen LogP contribution in [0, 0.1) is 6.92 Å². The topological polar surface area (TPSA) is 101 Å². The zero-order valence-electron chi connectivity index (χ0n) is 10.9. The van der Waals surface area contributed by atoms with E-state index in [9.17, 15) is 13.2 Å². The van der Waals surface area contributed by atoms with Gasteiger partial charge in [-0.3, -0.25) is 9.89 Å². The average Bonchev–Trinajstić information content (AvgIpc) is 2.68. The highest BCUT2D eigenvalue weighted by Crippen LogP contribution is 2.21. The van der Waals surface area contributed by atoms with Crippen molar-refractivity contribution in [2.45, 2.75) is 31.7 Å². The number of aromatic nitrogens is 2. The van der Waals surface area contributed by atoms with Crippen LogP contribution in [0.25, 0.3) is 0 Å². The van der Waals surface area contributed by atoms with E-state index in [0.29, 0.717) is 13.2 Å². The van der Waals surface area contributed by atoms with Gasteiger partial charge in [-0.2, -0.15) is 5.10 Å². The molecule has 0 aromatic carbocycles. The van der Waals surface area contributed by atoms with Crippen LogP contribution in [0.5, 0.6) is 0 Å². The van der Waals surface area contributed by atoms with Crippen LogP contribution in [0.4, 0.5) is 0 Å². The quantitative estimate of drug-likeness (QED) is 0.757. The number of carbonyl (C=O) groups excluding carboxylic acids is 1. The molecule has 0 aliphatic rings. The predicted octanol–water partition coefficient (Wildman–Crippen LogP) is 0.800. The van der Waals surface area contributed by atoms with Crippen LogP contribution < -0.4 is 5.32 Å². The molecule has 0 saturated carbocycles. The zero-order chi connectivity index (χ0) is 14.6. The number of aryl methyl sites for hydroxylation is 1. The monoisotopic (exact) mass is 309 g/mol. The fourth-order valence-corrected chi connectivity index (χ4v) is 2.85. The number of hydrogen-bond acceptors (Lipinski definition) is 5. The van der Waals surface area contributed by atoms with E-state index in [0.717, 1.165) is 0 Å². The molecule has 1 unspecified atom stereocenters. The normalized spacial score (nSPS) is 13.3. The van der Waals surface area contributed by atoms with Crippen LogP contribution >= 0.6 is 10.7 Å². The van der Waals surface area contributed by atoms with Gasteiger partial charge in [-0.1, -0.05) is 0 Å². The van der Waals surface area contributed by atoms with Gasteiger partial charge in [0.1, 0.15) is 4.90 Å². The van der Waals surface area contributed by atoms with Crippen molar-refractivity contribution in [1.82, 2.24) is 15.5 Å². The number of H-pyrrole nitrogens is 1. The second-order valence-electron chi connectivity index (χ2n) is 4.00. The van der Waals surface area contributed by atoms with Gasteiger partial charge in [-0.25, -0.2) is 8.42 Å². The zero-order valence-corrected chi connectivity index (χ0v) is 12.4. The van der Waals surface area contributed by atoms with Crippen molar-refractivity contribution < 1.29 is 17.9 Å². The SMILES string of the molecule is CCOCC(C)NC(=O)c1n[nH]c(C)c1S(=O)(=O)Cl. The van der Waals surface area contributed by atoms with E-state index in [-0.39, 0.29) is 22.3 Å². The molecule has 0 saturated heterocycles. The van der Waals surface area contributed by atoms with Crippen molar-refractivity contribution in [1.29, 1.82) is 0 Å². The third-order valence-electron chi connectivity index (χ3n) is 2.30. The molecule has 1 atom stereocenters. The third-order valence-corrected chi connectivity index (χ3v) is 3.75. The minimum atomic E-state index is -4.03. The average molecular weight is 310 g/mol. The third kappa shape index (κ3) is 4.19. The molecule has 0 spiro atoms. The van der Waals surface area contributed by atoms with E-state index in [1.54, 1.807) is 6.92 Å². The number of nitrogens with zero attached hydrogens (tertiary/aromatic N) is 1. The Hall–Kier alpha value is -1.12. The lowest BCUT2D eigenvalue weighted by molar-refractivity contribution is 0.0864. The molecule has 7 nitrogen and oxygen atoms in total. The number of nitrogens with one attached hydrogen (secondary N) is 2. The minimum Gasteiger partial charge on any atom is -0.380 e. The summed E-state index contributed by atoms with van der Waals surface area (Å²) in [6.45, 7) is 5.91. The molecular formula is C10H16ClN3O4S. The van der Waals surface area contributed by atoms with Gasteiger partial charge in [0.25, 0.3) is 15.0 Å². The summed E-state index contributed by atoms with van der Waals surface area (Å²) in [6.07, 6.45) is 0. The summed E-state index contributed by atoms with van der Waals surface area (Å²) < 4.78 is 27.9. The van der Waals surface area contributed by atoms with E-state index in [2.05, 4.69) is 15.5 Å². The Morgan fingerprint density at radius 1 is 1.58 bits per heavy atom. The molecule has 1 aromatic rings. The smallest absolute Gasteiger partial charge is 0.273 e. The first-order valence-corrected chi connectivity index (χ1v) is 7.96. The Labute approximate surface area is 116 Å². The molecule has 1 rings (SSSR count).